The lowest BCUT2D eigenvalue weighted by Crippen LogP contribution is -2.21. The van der Waals surface area contributed by atoms with Crippen LogP contribution in [0.15, 0.2) is 29.3 Å². The predicted molar refractivity (Wildman–Crippen MR) is 65.3 cm³/mol. The maximum Gasteiger partial charge on any atom is 0.352 e. The van der Waals surface area contributed by atoms with Gasteiger partial charge in [-0.3, -0.25) is 0 Å². The second kappa shape index (κ2) is 3.82. The molecule has 17 heavy (non-hydrogen) atoms. The molecule has 0 bridgehead atoms. The molecule has 0 atom stereocenters. The number of aromatic carboxylic acids is 1. The van der Waals surface area contributed by atoms with Crippen LogP contribution in [0.4, 0.5) is 5.69 Å². The van der Waals surface area contributed by atoms with Crippen molar-refractivity contribution in [3.05, 3.63) is 30.0 Å². The minimum absolute atomic E-state index is 0.0289. The lowest BCUT2D eigenvalue weighted by atomic mass is 10.2. The quantitative estimate of drug-likeness (QED) is 0.525. The molecule has 0 spiro atoms. The van der Waals surface area contributed by atoms with E-state index in [0.717, 1.165) is 10.9 Å². The maximum atomic E-state index is 11.0. The molecule has 6 nitrogen and oxygen atoms in total. The number of carboxylic acid groups (broad SMARTS) is 1. The molecule has 2 aromatic rings. The summed E-state index contributed by atoms with van der Waals surface area (Å²) < 4.78 is 1.61. The minimum atomic E-state index is -0.966. The van der Waals surface area contributed by atoms with Crippen molar-refractivity contribution in [1.29, 1.82) is 0 Å². The highest BCUT2D eigenvalue weighted by Gasteiger charge is 2.11. The zero-order chi connectivity index (χ0) is 12.6. The van der Waals surface area contributed by atoms with E-state index in [4.69, 9.17) is 16.6 Å². The van der Waals surface area contributed by atoms with E-state index in [2.05, 4.69) is 4.99 Å². The Morgan fingerprint density at radius 2 is 2.06 bits per heavy atom. The molecule has 0 unspecified atom stereocenters. The second-order valence-electron chi connectivity index (χ2n) is 3.67. The Kier molecular flexibility index (Phi) is 2.47. The van der Waals surface area contributed by atoms with Crippen LogP contribution in [0, 0.1) is 0 Å². The number of nitrogens with two attached hydrogens (primary N) is 2. The van der Waals surface area contributed by atoms with Gasteiger partial charge in [-0.05, 0) is 24.3 Å². The first-order chi connectivity index (χ1) is 7.99. The molecule has 1 heterocycles. The Balaban J connectivity index is 2.63. The number of hydrogen-bond donors (Lipinski definition) is 3. The number of benzene rings is 1. The molecule has 1 aromatic carbocycles. The molecule has 0 aliphatic rings. The molecule has 5 N–H and O–H groups in total. The number of aryl methyl sites for hydroxylation is 1. The normalized spacial score (nSPS) is 10.4. The summed E-state index contributed by atoms with van der Waals surface area (Å²) in [5.41, 5.74) is 12.2. The number of aromatic nitrogens is 1. The van der Waals surface area contributed by atoms with Crippen LogP contribution in [0.5, 0.6) is 0 Å². The largest absolute Gasteiger partial charge is 0.477 e. The van der Waals surface area contributed by atoms with Gasteiger partial charge in [0.05, 0.1) is 5.69 Å². The van der Waals surface area contributed by atoms with E-state index in [-0.39, 0.29) is 11.7 Å². The van der Waals surface area contributed by atoms with Gasteiger partial charge in [-0.15, -0.1) is 0 Å². The van der Waals surface area contributed by atoms with E-state index in [1.807, 2.05) is 0 Å². The van der Waals surface area contributed by atoms with Crippen LogP contribution < -0.4 is 11.5 Å². The molecule has 0 amide bonds. The fourth-order valence-corrected chi connectivity index (χ4v) is 1.76. The Morgan fingerprint density at radius 3 is 2.65 bits per heavy atom. The molecule has 0 aliphatic carbocycles. The molecule has 0 fully saturated rings. The summed E-state index contributed by atoms with van der Waals surface area (Å²) in [5.74, 6) is -0.995. The van der Waals surface area contributed by atoms with Gasteiger partial charge in [-0.1, -0.05) is 0 Å². The number of aliphatic imine (C=N–C) groups is 1. The molecule has 88 valence electrons. The van der Waals surface area contributed by atoms with Gasteiger partial charge in [0.15, 0.2) is 5.96 Å². The highest BCUT2D eigenvalue weighted by atomic mass is 16.4. The summed E-state index contributed by atoms with van der Waals surface area (Å²) in [7, 11) is 1.70. The number of hydrogen-bond acceptors (Lipinski definition) is 2. The van der Waals surface area contributed by atoms with E-state index in [9.17, 15) is 4.79 Å². The standard InChI is InChI=1S/C11H12N4O2/c1-15-8-3-2-7(14-11(12)13)4-6(8)5-9(15)10(16)17/h2-5H,1H3,(H,16,17)(H4,12,13,14). The lowest BCUT2D eigenvalue weighted by molar-refractivity contribution is 0.0687. The second-order valence-corrected chi connectivity index (χ2v) is 3.67. The van der Waals surface area contributed by atoms with Gasteiger partial charge < -0.3 is 21.1 Å². The zero-order valence-corrected chi connectivity index (χ0v) is 9.21. The summed E-state index contributed by atoms with van der Waals surface area (Å²) in [6.07, 6.45) is 0. The molecular formula is C11H12N4O2. The van der Waals surface area contributed by atoms with Gasteiger partial charge in [0, 0.05) is 18.0 Å². The molecule has 1 aromatic heterocycles. The number of fused-ring (bicyclic) bond motifs is 1. The van der Waals surface area contributed by atoms with Gasteiger partial charge >= 0.3 is 5.97 Å². The summed E-state index contributed by atoms with van der Waals surface area (Å²) in [6, 6.07) is 6.84. The first kappa shape index (κ1) is 11.0. The molecular weight excluding hydrogens is 220 g/mol. The van der Waals surface area contributed by atoms with Crippen molar-refractivity contribution in [3.63, 3.8) is 0 Å². The maximum absolute atomic E-state index is 11.0. The lowest BCUT2D eigenvalue weighted by Gasteiger charge is -1.99. The van der Waals surface area contributed by atoms with Gasteiger partial charge in [-0.2, -0.15) is 0 Å². The highest BCUT2D eigenvalue weighted by molar-refractivity contribution is 5.95. The van der Waals surface area contributed by atoms with E-state index in [0.29, 0.717) is 5.69 Å². The van der Waals surface area contributed by atoms with Gasteiger partial charge in [0.1, 0.15) is 5.69 Å². The van der Waals surface area contributed by atoms with Gasteiger partial charge in [0.25, 0.3) is 0 Å². The fourth-order valence-electron chi connectivity index (χ4n) is 1.76. The fraction of sp³-hybridized carbons (Fsp3) is 0.0909. The van der Waals surface area contributed by atoms with E-state index >= 15 is 0 Å². The number of guanidine groups is 1. The number of nitrogens with zero attached hydrogens (tertiary/aromatic N) is 2. The summed E-state index contributed by atoms with van der Waals surface area (Å²) >= 11 is 0. The van der Waals surface area contributed by atoms with E-state index in [1.54, 1.807) is 35.9 Å². The SMILES string of the molecule is Cn1c(C(=O)O)cc2cc(N=C(N)N)ccc21. The number of carbonyl (C=O) groups is 1. The smallest absolute Gasteiger partial charge is 0.352 e. The first-order valence-electron chi connectivity index (χ1n) is 4.91. The summed E-state index contributed by atoms with van der Waals surface area (Å²) in [4.78, 5) is 14.9. The highest BCUT2D eigenvalue weighted by Crippen LogP contribution is 2.24. The van der Waals surface area contributed by atoms with Crippen LogP contribution >= 0.6 is 0 Å². The number of carboxylic acids is 1. The van der Waals surface area contributed by atoms with Crippen LogP contribution in [0.2, 0.25) is 0 Å². The summed E-state index contributed by atoms with van der Waals surface area (Å²) in [6.45, 7) is 0. The Hall–Kier alpha value is -2.50. The van der Waals surface area contributed by atoms with Crippen molar-refractivity contribution in [2.75, 3.05) is 0 Å². The zero-order valence-electron chi connectivity index (χ0n) is 9.21. The first-order valence-corrected chi connectivity index (χ1v) is 4.91. The predicted octanol–water partition coefficient (Wildman–Crippen LogP) is 0.781. The molecule has 2 rings (SSSR count). The number of rotatable bonds is 2. The monoisotopic (exact) mass is 232 g/mol. The van der Waals surface area contributed by atoms with Crippen LogP contribution in [0.1, 0.15) is 10.5 Å². The average molecular weight is 232 g/mol. The topological polar surface area (TPSA) is 107 Å². The Morgan fingerprint density at radius 1 is 1.35 bits per heavy atom. The van der Waals surface area contributed by atoms with Crippen LogP contribution in [0.3, 0.4) is 0 Å². The third-order valence-electron chi connectivity index (χ3n) is 2.50. The minimum Gasteiger partial charge on any atom is -0.477 e. The van der Waals surface area contributed by atoms with Gasteiger partial charge in [0.2, 0.25) is 0 Å². The van der Waals surface area contributed by atoms with Crippen LogP contribution in [0.25, 0.3) is 10.9 Å². The molecule has 0 aliphatic heterocycles. The van der Waals surface area contributed by atoms with Crippen molar-refractivity contribution in [3.8, 4) is 0 Å². The van der Waals surface area contributed by atoms with Crippen molar-refractivity contribution < 1.29 is 9.90 Å². The van der Waals surface area contributed by atoms with Crippen LogP contribution in [-0.4, -0.2) is 21.6 Å². The third-order valence-corrected chi connectivity index (χ3v) is 2.50. The Labute approximate surface area is 97.2 Å². The summed E-state index contributed by atoms with van der Waals surface area (Å²) in [5, 5.41) is 9.78. The Bertz CT molecular complexity index is 624. The van der Waals surface area contributed by atoms with Crippen molar-refractivity contribution in [2.24, 2.45) is 23.5 Å². The van der Waals surface area contributed by atoms with Crippen molar-refractivity contribution in [1.82, 2.24) is 4.57 Å². The average Bonchev–Trinajstić information content (AvgIpc) is 2.55. The molecule has 0 saturated carbocycles. The molecule has 0 saturated heterocycles. The third kappa shape index (κ3) is 1.92. The molecule has 6 heteroatoms. The van der Waals surface area contributed by atoms with Crippen molar-refractivity contribution in [2.45, 2.75) is 0 Å². The van der Waals surface area contributed by atoms with Crippen LogP contribution in [-0.2, 0) is 7.05 Å². The van der Waals surface area contributed by atoms with Gasteiger partial charge in [-0.25, -0.2) is 9.79 Å². The van der Waals surface area contributed by atoms with E-state index in [1.165, 1.54) is 0 Å². The molecule has 0 radical (unpaired) electrons. The van der Waals surface area contributed by atoms with E-state index < -0.39 is 5.97 Å². The van der Waals surface area contributed by atoms with Crippen molar-refractivity contribution >= 4 is 28.5 Å².